The number of para-hydroxylation sites is 1. The minimum atomic E-state index is 0.179. The number of carbonyl (C=O) groups excluding carboxylic acids is 1. The number of aromatic nitrogens is 2. The molecule has 0 saturated heterocycles. The molecule has 4 nitrogen and oxygen atoms in total. The summed E-state index contributed by atoms with van der Waals surface area (Å²) < 4.78 is 0. The summed E-state index contributed by atoms with van der Waals surface area (Å²) in [7, 11) is 0. The number of anilines is 1. The molecule has 1 amide bonds. The van der Waals surface area contributed by atoms with Crippen LogP contribution in [0.5, 0.6) is 0 Å². The number of hydrogen-bond acceptors (Lipinski definition) is 4. The van der Waals surface area contributed by atoms with E-state index in [-0.39, 0.29) is 11.9 Å². The molecule has 2 aromatic heterocycles. The fourth-order valence-corrected chi connectivity index (χ4v) is 4.17. The van der Waals surface area contributed by atoms with Gasteiger partial charge >= 0.3 is 0 Å². The molecule has 25 heavy (non-hydrogen) atoms. The summed E-state index contributed by atoms with van der Waals surface area (Å²) in [5.41, 5.74) is 4.34. The molecule has 0 radical (unpaired) electrons. The predicted molar refractivity (Wildman–Crippen MR) is 101 cm³/mol. The molecule has 0 fully saturated rings. The maximum absolute atomic E-state index is 12.8. The Morgan fingerprint density at radius 2 is 2.04 bits per heavy atom. The van der Waals surface area contributed by atoms with E-state index in [9.17, 15) is 4.79 Å². The third-order valence-electron chi connectivity index (χ3n) is 4.56. The lowest BCUT2D eigenvalue weighted by Gasteiger charge is -2.22. The monoisotopic (exact) mass is 349 g/mol. The van der Waals surface area contributed by atoms with Gasteiger partial charge in [-0.15, -0.1) is 11.3 Å². The van der Waals surface area contributed by atoms with Crippen LogP contribution in [0.1, 0.15) is 23.9 Å². The van der Waals surface area contributed by atoms with Crippen molar-refractivity contribution in [1.29, 1.82) is 0 Å². The van der Waals surface area contributed by atoms with Gasteiger partial charge in [-0.1, -0.05) is 18.2 Å². The zero-order valence-electron chi connectivity index (χ0n) is 14.1. The lowest BCUT2D eigenvalue weighted by Crippen LogP contribution is -2.35. The molecule has 4 rings (SSSR count). The van der Waals surface area contributed by atoms with Gasteiger partial charge in [-0.2, -0.15) is 0 Å². The smallest absolute Gasteiger partial charge is 0.227 e. The maximum atomic E-state index is 12.8. The van der Waals surface area contributed by atoms with Gasteiger partial charge in [0.05, 0.1) is 10.7 Å². The summed E-state index contributed by atoms with van der Waals surface area (Å²) in [6.45, 7) is 2.11. The van der Waals surface area contributed by atoms with Crippen LogP contribution in [0.15, 0.2) is 54.2 Å². The Morgan fingerprint density at radius 3 is 2.88 bits per heavy atom. The molecule has 1 unspecified atom stereocenters. The van der Waals surface area contributed by atoms with E-state index in [0.29, 0.717) is 12.8 Å². The average molecular weight is 349 g/mol. The molecule has 3 heterocycles. The van der Waals surface area contributed by atoms with E-state index < -0.39 is 0 Å². The maximum Gasteiger partial charge on any atom is 0.227 e. The zero-order chi connectivity index (χ0) is 17.2. The molecule has 0 spiro atoms. The Morgan fingerprint density at radius 1 is 1.24 bits per heavy atom. The van der Waals surface area contributed by atoms with Crippen molar-refractivity contribution < 1.29 is 4.79 Å². The number of amides is 1. The Kier molecular flexibility index (Phi) is 4.32. The van der Waals surface area contributed by atoms with Gasteiger partial charge in [-0.25, -0.2) is 4.98 Å². The molecule has 3 aromatic rings. The molecular weight excluding hydrogens is 330 g/mol. The molecule has 1 aliphatic heterocycles. The molecule has 0 aliphatic carbocycles. The first kappa shape index (κ1) is 16.0. The Balaban J connectivity index is 1.44. The van der Waals surface area contributed by atoms with Crippen molar-refractivity contribution in [2.45, 2.75) is 32.2 Å². The van der Waals surface area contributed by atoms with Gasteiger partial charge in [0, 0.05) is 47.9 Å². The van der Waals surface area contributed by atoms with Crippen LogP contribution < -0.4 is 4.90 Å². The molecular formula is C20H19N3OS. The van der Waals surface area contributed by atoms with Gasteiger partial charge in [-0.05, 0) is 37.1 Å². The zero-order valence-corrected chi connectivity index (χ0v) is 14.9. The van der Waals surface area contributed by atoms with Crippen molar-refractivity contribution in [2.24, 2.45) is 0 Å². The molecule has 126 valence electrons. The minimum absolute atomic E-state index is 0.179. The number of fused-ring (bicyclic) bond motifs is 1. The number of rotatable bonds is 4. The van der Waals surface area contributed by atoms with Gasteiger partial charge in [0.15, 0.2) is 0 Å². The number of carbonyl (C=O) groups is 1. The average Bonchev–Trinajstić information content (AvgIpc) is 3.24. The minimum Gasteiger partial charge on any atom is -0.309 e. The van der Waals surface area contributed by atoms with E-state index >= 15 is 0 Å². The standard InChI is InChI=1S/C20H19N3OS/c1-14-12-16-4-2-3-5-18(16)23(14)20(24)7-6-19-22-17(13-25-19)15-8-10-21-11-9-15/h2-5,8-11,13-14H,6-7,12H2,1H3. The molecule has 1 atom stereocenters. The van der Waals surface area contributed by atoms with Crippen LogP contribution >= 0.6 is 11.3 Å². The van der Waals surface area contributed by atoms with Gasteiger partial charge in [-0.3, -0.25) is 9.78 Å². The first-order chi connectivity index (χ1) is 12.2. The van der Waals surface area contributed by atoms with Crippen LogP contribution in [0.3, 0.4) is 0 Å². The Bertz CT molecular complexity index is 891. The van der Waals surface area contributed by atoms with Gasteiger partial charge in [0.1, 0.15) is 0 Å². The largest absolute Gasteiger partial charge is 0.309 e. The molecule has 5 heteroatoms. The fraction of sp³-hybridized carbons (Fsp3) is 0.250. The quantitative estimate of drug-likeness (QED) is 0.712. The summed E-state index contributed by atoms with van der Waals surface area (Å²) in [6.07, 6.45) is 5.64. The topological polar surface area (TPSA) is 46.1 Å². The van der Waals surface area contributed by atoms with Crippen molar-refractivity contribution in [1.82, 2.24) is 9.97 Å². The summed E-state index contributed by atoms with van der Waals surface area (Å²) in [6, 6.07) is 12.3. The second-order valence-corrected chi connectivity index (χ2v) is 7.25. The van der Waals surface area contributed by atoms with Crippen molar-refractivity contribution in [3.8, 4) is 11.3 Å². The van der Waals surface area contributed by atoms with Gasteiger partial charge in [0.25, 0.3) is 0 Å². The molecule has 1 aliphatic rings. The SMILES string of the molecule is CC1Cc2ccccc2N1C(=O)CCc1nc(-c2ccncc2)cs1. The predicted octanol–water partition coefficient (Wildman–Crippen LogP) is 4.12. The first-order valence-electron chi connectivity index (χ1n) is 8.47. The second-order valence-electron chi connectivity index (χ2n) is 6.31. The van der Waals surface area contributed by atoms with Crippen LogP contribution in [-0.2, 0) is 17.6 Å². The highest BCUT2D eigenvalue weighted by Crippen LogP contribution is 2.32. The highest BCUT2D eigenvalue weighted by Gasteiger charge is 2.30. The number of aryl methyl sites for hydroxylation is 1. The number of pyridine rings is 1. The van der Waals surface area contributed by atoms with E-state index in [4.69, 9.17) is 0 Å². The highest BCUT2D eigenvalue weighted by molar-refractivity contribution is 7.09. The highest BCUT2D eigenvalue weighted by atomic mass is 32.1. The molecule has 1 aromatic carbocycles. The van der Waals surface area contributed by atoms with E-state index in [1.54, 1.807) is 23.7 Å². The summed E-state index contributed by atoms with van der Waals surface area (Å²) in [4.78, 5) is 23.4. The first-order valence-corrected chi connectivity index (χ1v) is 9.35. The van der Waals surface area contributed by atoms with Crippen LogP contribution in [0.4, 0.5) is 5.69 Å². The van der Waals surface area contributed by atoms with Crippen LogP contribution in [0.2, 0.25) is 0 Å². The Labute approximate surface area is 151 Å². The van der Waals surface area contributed by atoms with Crippen LogP contribution in [-0.4, -0.2) is 21.9 Å². The lowest BCUT2D eigenvalue weighted by atomic mass is 10.1. The van der Waals surface area contributed by atoms with Crippen molar-refractivity contribution >= 4 is 22.9 Å². The molecule has 0 N–H and O–H groups in total. The molecule has 0 bridgehead atoms. The lowest BCUT2D eigenvalue weighted by molar-refractivity contribution is -0.118. The van der Waals surface area contributed by atoms with Crippen molar-refractivity contribution in [2.75, 3.05) is 4.90 Å². The summed E-state index contributed by atoms with van der Waals surface area (Å²) in [5, 5.41) is 3.04. The van der Waals surface area contributed by atoms with E-state index in [1.807, 2.05) is 40.6 Å². The number of hydrogen-bond donors (Lipinski definition) is 0. The van der Waals surface area contributed by atoms with Gasteiger partial charge in [0.2, 0.25) is 5.91 Å². The van der Waals surface area contributed by atoms with E-state index in [0.717, 1.165) is 28.4 Å². The number of nitrogens with zero attached hydrogens (tertiary/aromatic N) is 3. The Hall–Kier alpha value is -2.53. The van der Waals surface area contributed by atoms with Gasteiger partial charge < -0.3 is 4.90 Å². The van der Waals surface area contributed by atoms with Crippen LogP contribution in [0, 0.1) is 0 Å². The van der Waals surface area contributed by atoms with E-state index in [1.165, 1.54) is 5.56 Å². The van der Waals surface area contributed by atoms with Crippen LogP contribution in [0.25, 0.3) is 11.3 Å². The van der Waals surface area contributed by atoms with Crippen molar-refractivity contribution in [3.63, 3.8) is 0 Å². The van der Waals surface area contributed by atoms with E-state index in [2.05, 4.69) is 23.0 Å². The fourth-order valence-electron chi connectivity index (χ4n) is 3.36. The second kappa shape index (κ2) is 6.76. The third-order valence-corrected chi connectivity index (χ3v) is 5.47. The summed E-state index contributed by atoms with van der Waals surface area (Å²) in [5.74, 6) is 0.179. The third kappa shape index (κ3) is 3.20. The number of thiazole rings is 1. The normalized spacial score (nSPS) is 16.0. The van der Waals surface area contributed by atoms with Crippen molar-refractivity contribution in [3.05, 3.63) is 64.7 Å². The molecule has 0 saturated carbocycles. The number of benzene rings is 1. The summed E-state index contributed by atoms with van der Waals surface area (Å²) >= 11 is 1.61.